The van der Waals surface area contributed by atoms with Gasteiger partial charge in [0.2, 0.25) is 0 Å². The quantitative estimate of drug-likeness (QED) is 0.368. The highest BCUT2D eigenvalue weighted by molar-refractivity contribution is 6.29. The highest BCUT2D eigenvalue weighted by atomic mass is 16.2. The molecule has 0 aliphatic rings. The van der Waals surface area contributed by atoms with Crippen LogP contribution in [0.3, 0.4) is 0 Å². The third-order valence-corrected chi connectivity index (χ3v) is 5.26. The molecule has 0 spiro atoms. The van der Waals surface area contributed by atoms with Crippen molar-refractivity contribution >= 4 is 29.3 Å². The lowest BCUT2D eigenvalue weighted by Gasteiger charge is -2.13. The molecule has 1 heterocycles. The maximum atomic E-state index is 13.1. The second-order valence-corrected chi connectivity index (χ2v) is 7.34. The fourth-order valence-electron chi connectivity index (χ4n) is 3.17. The fraction of sp³-hybridized carbons (Fsp3) is 0.160. The zero-order valence-corrected chi connectivity index (χ0v) is 18.0. The van der Waals surface area contributed by atoms with Crippen LogP contribution in [-0.2, 0) is 16.6 Å². The molecule has 1 aromatic heterocycles. The fourth-order valence-corrected chi connectivity index (χ4v) is 3.17. The number of rotatable bonds is 5. The van der Waals surface area contributed by atoms with Gasteiger partial charge >= 0.3 is 0 Å². The second-order valence-electron chi connectivity index (χ2n) is 7.34. The van der Waals surface area contributed by atoms with E-state index in [2.05, 4.69) is 16.7 Å². The van der Waals surface area contributed by atoms with Crippen LogP contribution in [0.5, 0.6) is 0 Å². The van der Waals surface area contributed by atoms with Crippen molar-refractivity contribution in [3.05, 3.63) is 88.2 Å². The lowest BCUT2D eigenvalue weighted by molar-refractivity contribution is -0.118. The standard InChI is InChI=1S/C25H24N4O2/c1-16-9-5-7-11-22(16)27-24(30)21(14-19-13-20(15-26)29(4)18(19)3)25(31)28-23-12-8-6-10-17(23)2/h5-14H,1-4H3,(H,27,30)(H,28,31). The molecule has 0 bridgehead atoms. The number of hydrogen-bond donors (Lipinski definition) is 2. The van der Waals surface area contributed by atoms with Crippen LogP contribution in [-0.4, -0.2) is 16.4 Å². The Hall–Kier alpha value is -4.11. The Morgan fingerprint density at radius 2 is 1.39 bits per heavy atom. The van der Waals surface area contributed by atoms with Crippen molar-refractivity contribution in [3.8, 4) is 6.07 Å². The van der Waals surface area contributed by atoms with Crippen molar-refractivity contribution in [2.24, 2.45) is 7.05 Å². The number of para-hydroxylation sites is 2. The Kier molecular flexibility index (Phi) is 6.37. The van der Waals surface area contributed by atoms with Crippen molar-refractivity contribution < 1.29 is 9.59 Å². The Balaban J connectivity index is 2.02. The number of nitrogens with zero attached hydrogens (tertiary/aromatic N) is 2. The van der Waals surface area contributed by atoms with Crippen LogP contribution in [0.25, 0.3) is 6.08 Å². The summed E-state index contributed by atoms with van der Waals surface area (Å²) < 4.78 is 1.72. The molecule has 0 atom stereocenters. The smallest absolute Gasteiger partial charge is 0.261 e. The van der Waals surface area contributed by atoms with Gasteiger partial charge in [-0.25, -0.2) is 0 Å². The van der Waals surface area contributed by atoms with Crippen molar-refractivity contribution in [2.45, 2.75) is 20.8 Å². The minimum atomic E-state index is -0.526. The van der Waals surface area contributed by atoms with Crippen LogP contribution in [0, 0.1) is 32.1 Å². The molecule has 0 aliphatic carbocycles. The SMILES string of the molecule is Cc1ccccc1NC(=O)C(=Cc1cc(C#N)n(C)c1C)C(=O)Nc1ccccc1C. The van der Waals surface area contributed by atoms with Crippen LogP contribution in [0.15, 0.2) is 60.2 Å². The van der Waals surface area contributed by atoms with E-state index >= 15 is 0 Å². The first-order valence-electron chi connectivity index (χ1n) is 9.84. The largest absolute Gasteiger partial charge is 0.339 e. The summed E-state index contributed by atoms with van der Waals surface area (Å²) in [7, 11) is 1.77. The Morgan fingerprint density at radius 1 is 0.903 bits per heavy atom. The van der Waals surface area contributed by atoms with E-state index < -0.39 is 11.8 Å². The molecule has 2 N–H and O–H groups in total. The van der Waals surface area contributed by atoms with E-state index in [0.29, 0.717) is 22.6 Å². The van der Waals surface area contributed by atoms with Crippen molar-refractivity contribution in [1.29, 1.82) is 5.26 Å². The molecule has 6 nitrogen and oxygen atoms in total. The van der Waals surface area contributed by atoms with E-state index in [9.17, 15) is 14.9 Å². The number of aromatic nitrogens is 1. The number of nitrogens with one attached hydrogen (secondary N) is 2. The van der Waals surface area contributed by atoms with Crippen LogP contribution in [0.1, 0.15) is 28.1 Å². The molecule has 3 rings (SSSR count). The number of carbonyl (C=O) groups is 2. The summed E-state index contributed by atoms with van der Waals surface area (Å²) in [6.07, 6.45) is 1.53. The Bertz CT molecular complexity index is 1170. The van der Waals surface area contributed by atoms with Crippen molar-refractivity contribution in [3.63, 3.8) is 0 Å². The zero-order chi connectivity index (χ0) is 22.5. The average Bonchev–Trinajstić information content (AvgIpc) is 3.02. The summed E-state index contributed by atoms with van der Waals surface area (Å²) in [5.41, 5.74) is 4.84. The number of carbonyl (C=O) groups excluding carboxylic acids is 2. The topological polar surface area (TPSA) is 86.9 Å². The van der Waals surface area contributed by atoms with Gasteiger partial charge in [-0.05, 0) is 61.7 Å². The summed E-state index contributed by atoms with van der Waals surface area (Å²) >= 11 is 0. The summed E-state index contributed by atoms with van der Waals surface area (Å²) in [6, 6.07) is 18.5. The predicted octanol–water partition coefficient (Wildman–Crippen LogP) is 4.48. The molecule has 0 saturated carbocycles. The van der Waals surface area contributed by atoms with E-state index in [-0.39, 0.29) is 5.57 Å². The molecule has 0 fully saturated rings. The maximum absolute atomic E-state index is 13.1. The highest BCUT2D eigenvalue weighted by Gasteiger charge is 2.21. The number of amides is 2. The summed E-state index contributed by atoms with van der Waals surface area (Å²) in [4.78, 5) is 26.3. The zero-order valence-electron chi connectivity index (χ0n) is 18.0. The normalized spacial score (nSPS) is 10.2. The summed E-state index contributed by atoms with van der Waals surface area (Å²) in [5.74, 6) is -1.05. The monoisotopic (exact) mass is 412 g/mol. The van der Waals surface area contributed by atoms with Crippen LogP contribution in [0.2, 0.25) is 0 Å². The molecular formula is C25H24N4O2. The van der Waals surface area contributed by atoms with Crippen LogP contribution < -0.4 is 10.6 Å². The minimum absolute atomic E-state index is 0.0512. The molecule has 31 heavy (non-hydrogen) atoms. The maximum Gasteiger partial charge on any atom is 0.261 e. The lowest BCUT2D eigenvalue weighted by Crippen LogP contribution is -2.26. The van der Waals surface area contributed by atoms with Crippen molar-refractivity contribution in [2.75, 3.05) is 10.6 Å². The van der Waals surface area contributed by atoms with Gasteiger partial charge in [0.05, 0.1) is 0 Å². The van der Waals surface area contributed by atoms with E-state index in [1.807, 2.05) is 57.2 Å². The van der Waals surface area contributed by atoms with E-state index in [1.165, 1.54) is 6.08 Å². The number of hydrogen-bond acceptors (Lipinski definition) is 3. The molecule has 0 saturated heterocycles. The average molecular weight is 412 g/mol. The van der Waals surface area contributed by atoms with E-state index in [1.54, 1.807) is 29.8 Å². The first-order chi connectivity index (χ1) is 14.8. The minimum Gasteiger partial charge on any atom is -0.339 e. The van der Waals surface area contributed by atoms with Gasteiger partial charge < -0.3 is 15.2 Å². The molecule has 6 heteroatoms. The summed E-state index contributed by atoms with van der Waals surface area (Å²) in [6.45, 7) is 5.60. The number of anilines is 2. The van der Waals surface area contributed by atoms with Crippen molar-refractivity contribution in [1.82, 2.24) is 4.57 Å². The molecule has 0 radical (unpaired) electrons. The number of aryl methyl sites for hydroxylation is 2. The van der Waals surface area contributed by atoms with E-state index in [0.717, 1.165) is 16.8 Å². The van der Waals surface area contributed by atoms with Crippen LogP contribution >= 0.6 is 0 Å². The second kappa shape index (κ2) is 9.14. The summed E-state index contributed by atoms with van der Waals surface area (Å²) in [5, 5.41) is 15.0. The van der Waals surface area contributed by atoms with Gasteiger partial charge in [-0.15, -0.1) is 0 Å². The Labute approximate surface area is 181 Å². The Morgan fingerprint density at radius 3 is 1.81 bits per heavy atom. The van der Waals surface area contributed by atoms with Gasteiger partial charge in [0, 0.05) is 24.1 Å². The van der Waals surface area contributed by atoms with Gasteiger partial charge in [0.1, 0.15) is 17.3 Å². The van der Waals surface area contributed by atoms with Gasteiger partial charge in [0.25, 0.3) is 11.8 Å². The predicted molar refractivity (Wildman–Crippen MR) is 122 cm³/mol. The first-order valence-corrected chi connectivity index (χ1v) is 9.84. The third-order valence-electron chi connectivity index (χ3n) is 5.26. The number of benzene rings is 2. The molecule has 0 unspecified atom stereocenters. The van der Waals surface area contributed by atoms with Gasteiger partial charge in [-0.3, -0.25) is 9.59 Å². The lowest BCUT2D eigenvalue weighted by atomic mass is 10.1. The molecular weight excluding hydrogens is 388 g/mol. The molecule has 2 amide bonds. The molecule has 3 aromatic rings. The van der Waals surface area contributed by atoms with Gasteiger partial charge in [-0.1, -0.05) is 36.4 Å². The number of nitriles is 1. The highest BCUT2D eigenvalue weighted by Crippen LogP contribution is 2.21. The third kappa shape index (κ3) is 4.73. The van der Waals surface area contributed by atoms with E-state index in [4.69, 9.17) is 0 Å². The van der Waals surface area contributed by atoms with Gasteiger partial charge in [-0.2, -0.15) is 5.26 Å². The molecule has 2 aromatic carbocycles. The van der Waals surface area contributed by atoms with Gasteiger partial charge in [0.15, 0.2) is 0 Å². The molecule has 0 aliphatic heterocycles. The first kappa shape index (κ1) is 21.6. The van der Waals surface area contributed by atoms with Crippen LogP contribution in [0.4, 0.5) is 11.4 Å². The molecule has 156 valence electrons.